The third kappa shape index (κ3) is 6.32. The van der Waals surface area contributed by atoms with Crippen LogP contribution < -0.4 is 0 Å². The highest BCUT2D eigenvalue weighted by molar-refractivity contribution is 8.23. The van der Waals surface area contributed by atoms with Crippen molar-refractivity contribution in [2.45, 2.75) is 32.3 Å². The molecule has 2 rings (SSSR count). The van der Waals surface area contributed by atoms with Gasteiger partial charge in [0.1, 0.15) is 12.7 Å². The highest BCUT2D eigenvalue weighted by Gasteiger charge is 2.26. The molecular formula is C17H22O2S3. The molecule has 0 spiro atoms. The average Bonchev–Trinajstić information content (AvgIpc) is 3.35. The lowest BCUT2D eigenvalue weighted by Gasteiger charge is -2.18. The summed E-state index contributed by atoms with van der Waals surface area (Å²) in [6.07, 6.45) is 3.27. The molecule has 2 atom stereocenters. The number of epoxide rings is 1. The van der Waals surface area contributed by atoms with Crippen LogP contribution in [0.1, 0.15) is 25.3 Å². The van der Waals surface area contributed by atoms with Gasteiger partial charge in [0.15, 0.2) is 5.05 Å². The lowest BCUT2D eigenvalue weighted by atomic mass is 10.1. The molecule has 22 heavy (non-hydrogen) atoms. The van der Waals surface area contributed by atoms with E-state index in [2.05, 4.69) is 31.2 Å². The van der Waals surface area contributed by atoms with Crippen LogP contribution in [0.15, 0.2) is 30.3 Å². The van der Waals surface area contributed by atoms with Gasteiger partial charge >= 0.3 is 0 Å². The van der Waals surface area contributed by atoms with Crippen molar-refractivity contribution in [1.29, 1.82) is 0 Å². The van der Waals surface area contributed by atoms with Crippen molar-refractivity contribution in [1.82, 2.24) is 0 Å². The van der Waals surface area contributed by atoms with Crippen molar-refractivity contribution in [2.24, 2.45) is 5.92 Å². The number of rotatable bonds is 9. The Morgan fingerprint density at radius 1 is 1.36 bits per heavy atom. The number of hydrogen-bond acceptors (Lipinski definition) is 5. The summed E-state index contributed by atoms with van der Waals surface area (Å²) in [5.41, 5.74) is 1.34. The number of thioether (sulfide) groups is 1. The van der Waals surface area contributed by atoms with E-state index in [4.69, 9.17) is 33.9 Å². The van der Waals surface area contributed by atoms with E-state index in [0.29, 0.717) is 11.7 Å². The number of thiocarbonyl (C=S) groups is 2. The molecule has 2 unspecified atom stereocenters. The first-order chi connectivity index (χ1) is 10.7. The van der Waals surface area contributed by atoms with Gasteiger partial charge in [0.25, 0.3) is 0 Å². The number of hydrogen-bond donors (Lipinski definition) is 0. The summed E-state index contributed by atoms with van der Waals surface area (Å²) in [4.78, 5) is 0. The minimum absolute atomic E-state index is 0.0922. The van der Waals surface area contributed by atoms with Gasteiger partial charge in [-0.3, -0.25) is 0 Å². The van der Waals surface area contributed by atoms with Gasteiger partial charge in [0.2, 0.25) is 0 Å². The van der Waals surface area contributed by atoms with Gasteiger partial charge in [-0.25, -0.2) is 0 Å². The summed E-state index contributed by atoms with van der Waals surface area (Å²) in [6, 6.07) is 10.5. The van der Waals surface area contributed by atoms with Gasteiger partial charge in [-0.2, -0.15) is 0 Å². The molecule has 1 aliphatic heterocycles. The molecule has 0 saturated carbocycles. The molecule has 1 saturated heterocycles. The van der Waals surface area contributed by atoms with Gasteiger partial charge in [0, 0.05) is 5.75 Å². The molecule has 2 nitrogen and oxygen atoms in total. The first-order valence-electron chi connectivity index (χ1n) is 7.69. The molecule has 0 aliphatic carbocycles. The average molecular weight is 355 g/mol. The van der Waals surface area contributed by atoms with E-state index in [1.165, 1.54) is 5.56 Å². The Balaban J connectivity index is 1.76. The Kier molecular flexibility index (Phi) is 7.80. The van der Waals surface area contributed by atoms with E-state index in [1.807, 2.05) is 6.07 Å². The summed E-state index contributed by atoms with van der Waals surface area (Å²) >= 11 is 12.8. The molecule has 1 aromatic carbocycles. The first kappa shape index (κ1) is 17.9. The third-order valence-electron chi connectivity index (χ3n) is 3.44. The zero-order valence-electron chi connectivity index (χ0n) is 12.8. The number of ether oxygens (including phenoxy) is 2. The Bertz CT molecular complexity index is 486. The number of benzene rings is 1. The van der Waals surface area contributed by atoms with Crippen molar-refractivity contribution in [2.75, 3.05) is 19.0 Å². The summed E-state index contributed by atoms with van der Waals surface area (Å²) in [5.74, 6) is 1.08. The fourth-order valence-electron chi connectivity index (χ4n) is 2.08. The van der Waals surface area contributed by atoms with Crippen molar-refractivity contribution >= 4 is 45.4 Å². The lowest BCUT2D eigenvalue weighted by molar-refractivity contribution is 0.249. The Hall–Kier alpha value is -0.490. The fourth-order valence-corrected chi connectivity index (χ4v) is 3.97. The zero-order chi connectivity index (χ0) is 15.8. The van der Waals surface area contributed by atoms with Gasteiger partial charge in [-0.15, -0.1) is 11.8 Å². The highest BCUT2D eigenvalue weighted by atomic mass is 32.2. The molecule has 120 valence electrons. The Labute approximate surface area is 148 Å². The van der Waals surface area contributed by atoms with Gasteiger partial charge in [0.05, 0.1) is 16.7 Å². The predicted molar refractivity (Wildman–Crippen MR) is 102 cm³/mol. The van der Waals surface area contributed by atoms with E-state index >= 15 is 0 Å². The van der Waals surface area contributed by atoms with E-state index in [9.17, 15) is 0 Å². The molecule has 1 aromatic rings. The van der Waals surface area contributed by atoms with Crippen molar-refractivity contribution in [3.63, 3.8) is 0 Å². The monoisotopic (exact) mass is 354 g/mol. The quantitative estimate of drug-likeness (QED) is 0.481. The van der Waals surface area contributed by atoms with Crippen LogP contribution in [0, 0.1) is 5.92 Å². The van der Waals surface area contributed by atoms with E-state index in [-0.39, 0.29) is 12.0 Å². The summed E-state index contributed by atoms with van der Waals surface area (Å²) in [7, 11) is 0. The molecular weight excluding hydrogens is 332 g/mol. The van der Waals surface area contributed by atoms with Gasteiger partial charge in [-0.05, 0) is 30.6 Å². The predicted octanol–water partition coefficient (Wildman–Crippen LogP) is 4.45. The van der Waals surface area contributed by atoms with Crippen LogP contribution in [0.2, 0.25) is 0 Å². The SMILES string of the molecule is CCCC(C(=S)OCC1CO1)C(=S)SCCc1ccccc1. The van der Waals surface area contributed by atoms with E-state index in [0.717, 1.165) is 35.8 Å². The molecule has 0 aromatic heterocycles. The van der Waals surface area contributed by atoms with Gasteiger partial charge < -0.3 is 9.47 Å². The van der Waals surface area contributed by atoms with Crippen LogP contribution in [-0.2, 0) is 15.9 Å². The normalized spacial score (nSPS) is 17.8. The van der Waals surface area contributed by atoms with Crippen LogP contribution in [-0.4, -0.2) is 34.3 Å². The zero-order valence-corrected chi connectivity index (χ0v) is 15.3. The minimum Gasteiger partial charge on any atom is -0.484 e. The third-order valence-corrected chi connectivity index (χ3v) is 5.46. The molecule has 5 heteroatoms. The summed E-state index contributed by atoms with van der Waals surface area (Å²) < 4.78 is 11.8. The minimum atomic E-state index is 0.0922. The van der Waals surface area contributed by atoms with Gasteiger partial charge in [-0.1, -0.05) is 55.9 Å². The first-order valence-corrected chi connectivity index (χ1v) is 9.49. The second-order valence-electron chi connectivity index (χ2n) is 5.33. The maximum absolute atomic E-state index is 5.67. The second kappa shape index (κ2) is 9.60. The standard InChI is InChI=1S/C17H22O2S3/c1-2-6-15(16(20)19-12-14-11-18-14)17(21)22-10-9-13-7-4-3-5-8-13/h3-5,7-8,14-15H,2,6,9-12H2,1H3. The van der Waals surface area contributed by atoms with Crippen LogP contribution in [0.3, 0.4) is 0 Å². The molecule has 0 bridgehead atoms. The Morgan fingerprint density at radius 2 is 2.09 bits per heavy atom. The second-order valence-corrected chi connectivity index (χ2v) is 7.57. The largest absolute Gasteiger partial charge is 0.484 e. The molecule has 0 radical (unpaired) electrons. The van der Waals surface area contributed by atoms with Crippen molar-refractivity contribution in [3.8, 4) is 0 Å². The smallest absolute Gasteiger partial charge is 0.168 e. The van der Waals surface area contributed by atoms with Crippen LogP contribution >= 0.6 is 36.2 Å². The van der Waals surface area contributed by atoms with Crippen molar-refractivity contribution < 1.29 is 9.47 Å². The Morgan fingerprint density at radius 3 is 2.73 bits per heavy atom. The molecule has 1 heterocycles. The molecule has 0 N–H and O–H groups in total. The van der Waals surface area contributed by atoms with E-state index in [1.54, 1.807) is 11.8 Å². The van der Waals surface area contributed by atoms with Crippen LogP contribution in [0.25, 0.3) is 0 Å². The summed E-state index contributed by atoms with van der Waals surface area (Å²) in [5, 5.41) is 0.634. The van der Waals surface area contributed by atoms with Crippen LogP contribution in [0.4, 0.5) is 0 Å². The fraction of sp³-hybridized carbons (Fsp3) is 0.529. The number of aryl methyl sites for hydroxylation is 1. The molecule has 1 aliphatic rings. The summed E-state index contributed by atoms with van der Waals surface area (Å²) in [6.45, 7) is 3.50. The molecule has 0 amide bonds. The van der Waals surface area contributed by atoms with E-state index < -0.39 is 0 Å². The molecule has 1 fully saturated rings. The van der Waals surface area contributed by atoms with Crippen molar-refractivity contribution in [3.05, 3.63) is 35.9 Å². The topological polar surface area (TPSA) is 21.8 Å². The highest BCUT2D eigenvalue weighted by Crippen LogP contribution is 2.23. The maximum atomic E-state index is 5.67. The lowest BCUT2D eigenvalue weighted by Crippen LogP contribution is -2.23. The van der Waals surface area contributed by atoms with Crippen LogP contribution in [0.5, 0.6) is 0 Å². The maximum Gasteiger partial charge on any atom is 0.168 e.